The quantitative estimate of drug-likeness (QED) is 0.309. The number of hydrogen-bond donors (Lipinski definition) is 1. The Morgan fingerprint density at radius 3 is 2.33 bits per heavy atom. The molecule has 8 nitrogen and oxygen atoms in total. The smallest absolute Gasteiger partial charge is 0.310 e. The number of benzene rings is 1. The Kier molecular flexibility index (Phi) is 6.74. The largest absolute Gasteiger partial charge is 0.373 e. The van der Waals surface area contributed by atoms with Gasteiger partial charge in [0.15, 0.2) is 11.7 Å². The number of carbonyl (C=O) groups excluding carboxylic acids is 2. The molecule has 5 rings (SSSR count). The average Bonchev–Trinajstić information content (AvgIpc) is 3.52. The SMILES string of the molecule is N#CN1CC2C[C@@]1(C(=O)N(c1ccc(S(F)(F)(F)(F)F)cc1)C(C(=O)NC1CCC(F)(F)CC1)c1cccnc1)CO2. The van der Waals surface area contributed by atoms with E-state index in [0.29, 0.717) is 12.1 Å². The van der Waals surface area contributed by atoms with Crippen molar-refractivity contribution in [2.75, 3.05) is 18.1 Å². The van der Waals surface area contributed by atoms with Gasteiger partial charge in [0.05, 0.1) is 19.3 Å². The Labute approximate surface area is 236 Å². The first-order chi connectivity index (χ1) is 19.4. The number of nitrogens with one attached hydrogen (secondary N) is 1. The van der Waals surface area contributed by atoms with Crippen molar-refractivity contribution in [3.8, 4) is 6.19 Å². The number of alkyl halides is 2. The molecule has 2 amide bonds. The van der Waals surface area contributed by atoms with Crippen LogP contribution in [-0.4, -0.2) is 58.5 Å². The van der Waals surface area contributed by atoms with Crippen LogP contribution in [0.15, 0.2) is 53.7 Å². The third-order valence-corrected chi connectivity index (χ3v) is 9.06. The molecule has 2 aliphatic heterocycles. The number of aromatic nitrogens is 1. The lowest BCUT2D eigenvalue weighted by atomic mass is 9.91. The summed E-state index contributed by atoms with van der Waals surface area (Å²) < 4.78 is 101. The van der Waals surface area contributed by atoms with Crippen LogP contribution < -0.4 is 10.2 Å². The molecule has 3 aliphatic rings. The van der Waals surface area contributed by atoms with E-state index in [1.807, 2.05) is 6.19 Å². The summed E-state index contributed by atoms with van der Waals surface area (Å²) in [6, 6.07) is 2.12. The standard InChI is InChI=1S/C26H26F7N5O3S/c27-26(28)9-7-18(8-10-26)36-23(39)22(17-2-1-11-35-13-17)38(19-3-5-21(6-4-19)42(29,30,31,32)33)24(40)25-12-20(41-15-25)14-37(25)16-34/h1-6,11,13,18,20,22H,7-10,12,14-15H2,(H,36,39)/t20?,22?,25-/m0/s1. The maximum Gasteiger partial charge on any atom is 0.310 e. The van der Waals surface area contributed by atoms with E-state index in [-0.39, 0.29) is 55.8 Å². The second kappa shape index (κ2) is 9.46. The fraction of sp³-hybridized carbons (Fsp3) is 0.462. The summed E-state index contributed by atoms with van der Waals surface area (Å²) in [7, 11) is -10.1. The van der Waals surface area contributed by atoms with Gasteiger partial charge in [-0.25, -0.2) is 8.78 Å². The second-order valence-electron chi connectivity index (χ2n) is 10.8. The highest BCUT2D eigenvalue weighted by molar-refractivity contribution is 8.45. The highest BCUT2D eigenvalue weighted by Gasteiger charge is 2.65. The summed E-state index contributed by atoms with van der Waals surface area (Å²) >= 11 is 0. The number of amides is 2. The first kappa shape index (κ1) is 29.9. The topological polar surface area (TPSA) is 98.6 Å². The molecule has 2 saturated heterocycles. The number of nitriles is 1. The van der Waals surface area contributed by atoms with Gasteiger partial charge in [-0.2, -0.15) is 5.26 Å². The molecule has 3 heterocycles. The molecule has 1 aromatic carbocycles. The Balaban J connectivity index is 1.60. The van der Waals surface area contributed by atoms with Gasteiger partial charge in [0, 0.05) is 48.9 Å². The van der Waals surface area contributed by atoms with Crippen molar-refractivity contribution >= 4 is 27.7 Å². The summed E-state index contributed by atoms with van der Waals surface area (Å²) in [5.41, 5.74) is -1.85. The minimum absolute atomic E-state index is 0.0402. The number of anilines is 1. The highest BCUT2D eigenvalue weighted by Crippen LogP contribution is 3.02. The molecule has 1 N–H and O–H groups in total. The summed E-state index contributed by atoms with van der Waals surface area (Å²) in [5, 5.41) is 12.4. The van der Waals surface area contributed by atoms with Crippen LogP contribution >= 0.6 is 10.2 Å². The molecular weight excluding hydrogens is 595 g/mol. The number of hydrogen-bond acceptors (Lipinski definition) is 6. The number of carbonyl (C=O) groups is 2. The van der Waals surface area contributed by atoms with Gasteiger partial charge in [-0.1, -0.05) is 25.5 Å². The minimum Gasteiger partial charge on any atom is -0.373 e. The highest BCUT2D eigenvalue weighted by atomic mass is 32.5. The van der Waals surface area contributed by atoms with Crippen molar-refractivity contribution in [1.82, 2.24) is 15.2 Å². The maximum atomic E-state index is 14.4. The van der Waals surface area contributed by atoms with Crippen molar-refractivity contribution in [1.29, 1.82) is 5.26 Å². The molecular formula is C26H26F7N5O3S. The molecule has 16 heteroatoms. The van der Waals surface area contributed by atoms with Crippen molar-refractivity contribution in [3.05, 3.63) is 54.4 Å². The molecule has 1 aromatic heterocycles. The Morgan fingerprint density at radius 1 is 1.12 bits per heavy atom. The van der Waals surface area contributed by atoms with E-state index >= 15 is 0 Å². The fourth-order valence-corrected chi connectivity index (χ4v) is 6.38. The van der Waals surface area contributed by atoms with E-state index in [2.05, 4.69) is 10.3 Å². The first-order valence-electron chi connectivity index (χ1n) is 13.0. The van der Waals surface area contributed by atoms with Gasteiger partial charge in [-0.3, -0.25) is 24.4 Å². The molecule has 42 heavy (non-hydrogen) atoms. The maximum absolute atomic E-state index is 14.4. The van der Waals surface area contributed by atoms with Gasteiger partial charge in [0.1, 0.15) is 10.9 Å². The molecule has 3 fully saturated rings. The van der Waals surface area contributed by atoms with Crippen LogP contribution in [0.2, 0.25) is 0 Å². The van der Waals surface area contributed by atoms with Gasteiger partial charge in [0.25, 0.3) is 5.91 Å². The van der Waals surface area contributed by atoms with Gasteiger partial charge in [0.2, 0.25) is 11.8 Å². The van der Waals surface area contributed by atoms with Gasteiger partial charge < -0.3 is 10.1 Å². The van der Waals surface area contributed by atoms with Crippen LogP contribution in [-0.2, 0) is 14.3 Å². The van der Waals surface area contributed by atoms with E-state index in [9.17, 15) is 43.1 Å². The van der Waals surface area contributed by atoms with Crippen LogP contribution in [0.25, 0.3) is 0 Å². The van der Waals surface area contributed by atoms with Crippen molar-refractivity contribution in [2.45, 2.75) is 66.6 Å². The number of nitrogens with zero attached hydrogens (tertiary/aromatic N) is 4. The number of pyridine rings is 1. The lowest BCUT2D eigenvalue weighted by Gasteiger charge is -2.42. The van der Waals surface area contributed by atoms with Crippen LogP contribution in [0, 0.1) is 11.5 Å². The summed E-state index contributed by atoms with van der Waals surface area (Å²) in [4.78, 5) is 32.1. The average molecular weight is 622 g/mol. The van der Waals surface area contributed by atoms with E-state index in [1.54, 1.807) is 0 Å². The van der Waals surface area contributed by atoms with Gasteiger partial charge >= 0.3 is 10.2 Å². The van der Waals surface area contributed by atoms with Gasteiger partial charge in [-0.05, 0) is 43.2 Å². The number of rotatable bonds is 7. The zero-order valence-electron chi connectivity index (χ0n) is 21.9. The Bertz CT molecular complexity index is 1410. The van der Waals surface area contributed by atoms with E-state index < -0.39 is 69.4 Å². The molecule has 0 spiro atoms. The Morgan fingerprint density at radius 2 is 1.79 bits per heavy atom. The molecule has 2 unspecified atom stereocenters. The second-order valence-corrected chi connectivity index (χ2v) is 13.3. The number of ether oxygens (including phenoxy) is 1. The van der Waals surface area contributed by atoms with Gasteiger partial charge in [-0.15, -0.1) is 0 Å². The van der Waals surface area contributed by atoms with Crippen LogP contribution in [0.3, 0.4) is 0 Å². The molecule has 1 saturated carbocycles. The number of fused-ring (bicyclic) bond motifs is 2. The lowest BCUT2D eigenvalue weighted by Crippen LogP contribution is -2.60. The molecule has 1 aliphatic carbocycles. The van der Waals surface area contributed by atoms with Crippen LogP contribution in [0.4, 0.5) is 33.9 Å². The lowest BCUT2D eigenvalue weighted by molar-refractivity contribution is -0.134. The zero-order chi connectivity index (χ0) is 30.6. The summed E-state index contributed by atoms with van der Waals surface area (Å²) in [6.45, 7) is -0.206. The molecule has 2 bridgehead atoms. The van der Waals surface area contributed by atoms with Crippen molar-refractivity contribution in [3.63, 3.8) is 0 Å². The number of likely N-dealkylation sites (tertiary alicyclic amines) is 1. The fourth-order valence-electron chi connectivity index (χ4n) is 5.73. The summed E-state index contributed by atoms with van der Waals surface area (Å²) in [6.07, 6.45) is 2.99. The monoisotopic (exact) mass is 621 g/mol. The normalized spacial score (nSPS) is 26.0. The first-order valence-corrected chi connectivity index (χ1v) is 14.9. The molecule has 0 radical (unpaired) electrons. The third-order valence-electron chi connectivity index (χ3n) is 7.89. The van der Waals surface area contributed by atoms with Crippen molar-refractivity contribution in [2.24, 2.45) is 0 Å². The van der Waals surface area contributed by atoms with Crippen LogP contribution in [0.5, 0.6) is 0 Å². The van der Waals surface area contributed by atoms with E-state index in [1.165, 1.54) is 29.4 Å². The van der Waals surface area contributed by atoms with E-state index in [4.69, 9.17) is 4.74 Å². The zero-order valence-corrected chi connectivity index (χ0v) is 22.7. The molecule has 3 atom stereocenters. The molecule has 2 aromatic rings. The Hall–Kier alpha value is -3.58. The predicted octanol–water partition coefficient (Wildman–Crippen LogP) is 5.83. The predicted molar refractivity (Wildman–Crippen MR) is 137 cm³/mol. The summed E-state index contributed by atoms with van der Waals surface area (Å²) in [5.74, 6) is -4.63. The third kappa shape index (κ3) is 5.71. The molecule has 228 valence electrons. The van der Waals surface area contributed by atoms with Crippen LogP contribution in [0.1, 0.15) is 43.7 Å². The number of morpholine rings is 1. The minimum atomic E-state index is -10.1. The van der Waals surface area contributed by atoms with E-state index in [0.717, 1.165) is 4.90 Å². The van der Waals surface area contributed by atoms with Crippen molar-refractivity contribution < 1.29 is 42.5 Å². The number of halogens is 7.